The van der Waals surface area contributed by atoms with Crippen LogP contribution in [0, 0.1) is 6.92 Å². The SMILES string of the molecule is Cc1cccc(OCCNC(=O)c2cccc(Cl)c2N)c1. The fourth-order valence-corrected chi connectivity index (χ4v) is 2.04. The molecule has 21 heavy (non-hydrogen) atoms. The van der Waals surface area contributed by atoms with Gasteiger partial charge in [-0.1, -0.05) is 29.8 Å². The van der Waals surface area contributed by atoms with Crippen molar-refractivity contribution in [3.8, 4) is 5.75 Å². The van der Waals surface area contributed by atoms with Crippen molar-refractivity contribution in [1.29, 1.82) is 0 Å². The van der Waals surface area contributed by atoms with E-state index in [4.69, 9.17) is 22.1 Å². The van der Waals surface area contributed by atoms with Gasteiger partial charge in [0.2, 0.25) is 0 Å². The molecule has 0 heterocycles. The van der Waals surface area contributed by atoms with Crippen molar-refractivity contribution >= 4 is 23.2 Å². The van der Waals surface area contributed by atoms with Gasteiger partial charge >= 0.3 is 0 Å². The fourth-order valence-electron chi connectivity index (χ4n) is 1.87. The first-order chi connectivity index (χ1) is 10.1. The number of ether oxygens (including phenoxy) is 1. The van der Waals surface area contributed by atoms with Gasteiger partial charge in [-0.05, 0) is 36.8 Å². The molecular formula is C16H17ClN2O2. The Bertz CT molecular complexity index is 644. The van der Waals surface area contributed by atoms with Gasteiger partial charge in [0.05, 0.1) is 22.8 Å². The number of hydrogen-bond donors (Lipinski definition) is 2. The number of benzene rings is 2. The fraction of sp³-hybridized carbons (Fsp3) is 0.188. The lowest BCUT2D eigenvalue weighted by molar-refractivity contribution is 0.0948. The van der Waals surface area contributed by atoms with Crippen molar-refractivity contribution in [2.24, 2.45) is 0 Å². The average molecular weight is 305 g/mol. The second-order valence-electron chi connectivity index (χ2n) is 4.62. The highest BCUT2D eigenvalue weighted by molar-refractivity contribution is 6.33. The molecule has 0 saturated heterocycles. The van der Waals surface area contributed by atoms with Gasteiger partial charge in [-0.2, -0.15) is 0 Å². The van der Waals surface area contributed by atoms with Gasteiger partial charge in [0.1, 0.15) is 12.4 Å². The Morgan fingerprint density at radius 2 is 2.05 bits per heavy atom. The van der Waals surface area contributed by atoms with Crippen molar-refractivity contribution in [2.75, 3.05) is 18.9 Å². The number of halogens is 1. The molecule has 4 nitrogen and oxygen atoms in total. The second-order valence-corrected chi connectivity index (χ2v) is 5.03. The minimum Gasteiger partial charge on any atom is -0.492 e. The molecule has 0 aliphatic carbocycles. The van der Waals surface area contributed by atoms with Crippen LogP contribution in [0.3, 0.4) is 0 Å². The maximum absolute atomic E-state index is 12.0. The monoisotopic (exact) mass is 304 g/mol. The molecule has 2 rings (SSSR count). The van der Waals surface area contributed by atoms with E-state index in [-0.39, 0.29) is 11.6 Å². The number of rotatable bonds is 5. The van der Waals surface area contributed by atoms with E-state index in [0.717, 1.165) is 11.3 Å². The first-order valence-corrected chi connectivity index (χ1v) is 6.97. The molecule has 0 fully saturated rings. The molecule has 0 saturated carbocycles. The number of nitrogens with two attached hydrogens (primary N) is 1. The number of para-hydroxylation sites is 1. The van der Waals surface area contributed by atoms with Crippen molar-refractivity contribution in [2.45, 2.75) is 6.92 Å². The number of carbonyl (C=O) groups is 1. The molecule has 0 spiro atoms. The highest BCUT2D eigenvalue weighted by atomic mass is 35.5. The number of nitrogens with one attached hydrogen (secondary N) is 1. The lowest BCUT2D eigenvalue weighted by Gasteiger charge is -2.10. The van der Waals surface area contributed by atoms with E-state index in [2.05, 4.69) is 5.32 Å². The Hall–Kier alpha value is -2.20. The van der Waals surface area contributed by atoms with Crippen LogP contribution in [-0.2, 0) is 0 Å². The summed E-state index contributed by atoms with van der Waals surface area (Å²) in [6.45, 7) is 2.77. The van der Waals surface area contributed by atoms with E-state index in [1.54, 1.807) is 18.2 Å². The molecule has 5 heteroatoms. The number of anilines is 1. The minimum absolute atomic E-state index is 0.261. The van der Waals surface area contributed by atoms with Gasteiger partial charge in [0, 0.05) is 0 Å². The Kier molecular flexibility index (Phi) is 5.06. The van der Waals surface area contributed by atoms with Crippen LogP contribution in [0.25, 0.3) is 0 Å². The molecule has 0 aliphatic rings. The number of nitrogen functional groups attached to an aromatic ring is 1. The number of hydrogen-bond acceptors (Lipinski definition) is 3. The maximum Gasteiger partial charge on any atom is 0.253 e. The number of amides is 1. The summed E-state index contributed by atoms with van der Waals surface area (Å²) in [5, 5.41) is 3.12. The zero-order chi connectivity index (χ0) is 15.2. The third kappa shape index (κ3) is 4.13. The maximum atomic E-state index is 12.0. The molecule has 1 amide bonds. The van der Waals surface area contributed by atoms with Crippen molar-refractivity contribution in [3.63, 3.8) is 0 Å². The van der Waals surface area contributed by atoms with Crippen LogP contribution in [0.4, 0.5) is 5.69 Å². The minimum atomic E-state index is -0.261. The van der Waals surface area contributed by atoms with E-state index in [0.29, 0.717) is 23.7 Å². The van der Waals surface area contributed by atoms with Gasteiger partial charge in [-0.15, -0.1) is 0 Å². The van der Waals surface area contributed by atoms with Gasteiger partial charge in [-0.25, -0.2) is 0 Å². The van der Waals surface area contributed by atoms with Gasteiger partial charge in [-0.3, -0.25) is 4.79 Å². The van der Waals surface area contributed by atoms with E-state index >= 15 is 0 Å². The predicted molar refractivity (Wildman–Crippen MR) is 84.9 cm³/mol. The molecule has 0 aromatic heterocycles. The van der Waals surface area contributed by atoms with Gasteiger partial charge < -0.3 is 15.8 Å². The lowest BCUT2D eigenvalue weighted by atomic mass is 10.1. The molecule has 3 N–H and O–H groups in total. The first kappa shape index (κ1) is 15.2. The normalized spacial score (nSPS) is 10.2. The summed E-state index contributed by atoms with van der Waals surface area (Å²) < 4.78 is 5.56. The quantitative estimate of drug-likeness (QED) is 0.659. The van der Waals surface area contributed by atoms with Crippen LogP contribution in [0.15, 0.2) is 42.5 Å². The molecule has 110 valence electrons. The molecule has 0 aliphatic heterocycles. The summed E-state index contributed by atoms with van der Waals surface area (Å²) in [5.41, 5.74) is 7.56. The van der Waals surface area contributed by atoms with Crippen LogP contribution in [0.1, 0.15) is 15.9 Å². The molecule has 0 unspecified atom stereocenters. The first-order valence-electron chi connectivity index (χ1n) is 6.59. The highest BCUT2D eigenvalue weighted by Crippen LogP contribution is 2.22. The summed E-state index contributed by atoms with van der Waals surface area (Å²) in [6, 6.07) is 12.7. The van der Waals surface area contributed by atoms with Crippen LogP contribution < -0.4 is 15.8 Å². The van der Waals surface area contributed by atoms with Crippen molar-refractivity contribution < 1.29 is 9.53 Å². The Morgan fingerprint density at radius 1 is 1.29 bits per heavy atom. The summed E-state index contributed by atoms with van der Waals surface area (Å²) in [5.74, 6) is 0.523. The van der Waals surface area contributed by atoms with E-state index in [1.165, 1.54) is 0 Å². The van der Waals surface area contributed by atoms with Crippen molar-refractivity contribution in [1.82, 2.24) is 5.32 Å². The summed E-state index contributed by atoms with van der Waals surface area (Å²) in [6.07, 6.45) is 0. The Balaban J connectivity index is 1.83. The highest BCUT2D eigenvalue weighted by Gasteiger charge is 2.10. The summed E-state index contributed by atoms with van der Waals surface area (Å²) in [7, 11) is 0. The van der Waals surface area contributed by atoms with Gasteiger partial charge in [0.15, 0.2) is 0 Å². The zero-order valence-electron chi connectivity index (χ0n) is 11.7. The topological polar surface area (TPSA) is 64.3 Å². The summed E-state index contributed by atoms with van der Waals surface area (Å²) in [4.78, 5) is 12.0. The molecule has 0 atom stereocenters. The predicted octanol–water partition coefficient (Wildman–Crippen LogP) is 3.04. The molecule has 0 bridgehead atoms. The molecule has 0 radical (unpaired) electrons. The van der Waals surface area contributed by atoms with Crippen LogP contribution in [-0.4, -0.2) is 19.1 Å². The standard InChI is InChI=1S/C16H17ClN2O2/c1-11-4-2-5-12(10-11)21-9-8-19-16(20)13-6-3-7-14(17)15(13)18/h2-7,10H,8-9,18H2,1H3,(H,19,20). The van der Waals surface area contributed by atoms with Crippen LogP contribution >= 0.6 is 11.6 Å². The number of carbonyl (C=O) groups excluding carboxylic acids is 1. The van der Waals surface area contributed by atoms with E-state index < -0.39 is 0 Å². The van der Waals surface area contributed by atoms with Crippen molar-refractivity contribution in [3.05, 3.63) is 58.6 Å². The van der Waals surface area contributed by atoms with Crippen LogP contribution in [0.2, 0.25) is 5.02 Å². The largest absolute Gasteiger partial charge is 0.492 e. The third-order valence-electron chi connectivity index (χ3n) is 2.94. The number of aryl methyl sites for hydroxylation is 1. The Morgan fingerprint density at radius 3 is 2.81 bits per heavy atom. The average Bonchev–Trinajstić information content (AvgIpc) is 2.46. The lowest BCUT2D eigenvalue weighted by Crippen LogP contribution is -2.28. The van der Waals surface area contributed by atoms with Crippen LogP contribution in [0.5, 0.6) is 5.75 Å². The zero-order valence-corrected chi connectivity index (χ0v) is 12.5. The molecule has 2 aromatic rings. The Labute approximate surface area is 128 Å². The third-order valence-corrected chi connectivity index (χ3v) is 3.27. The molecular weight excluding hydrogens is 288 g/mol. The molecule has 2 aromatic carbocycles. The van der Waals surface area contributed by atoms with E-state index in [9.17, 15) is 4.79 Å². The smallest absolute Gasteiger partial charge is 0.253 e. The van der Waals surface area contributed by atoms with E-state index in [1.807, 2.05) is 31.2 Å². The second kappa shape index (κ2) is 6.99. The summed E-state index contributed by atoms with van der Waals surface area (Å²) >= 11 is 5.88. The van der Waals surface area contributed by atoms with Gasteiger partial charge in [0.25, 0.3) is 5.91 Å².